The Morgan fingerprint density at radius 3 is 1.72 bits per heavy atom. The van der Waals surface area contributed by atoms with Gasteiger partial charge in [-0.15, -0.1) is 0 Å². The topological polar surface area (TPSA) is 152 Å². The van der Waals surface area contributed by atoms with Crippen molar-refractivity contribution in [2.75, 3.05) is 13.1 Å². The van der Waals surface area contributed by atoms with E-state index in [1.807, 2.05) is 0 Å². The molecule has 204 valence electrons. The number of allylic oxidation sites excluding steroid dienone is 3. The predicted octanol–water partition coefficient (Wildman–Crippen LogP) is 2.78. The maximum absolute atomic E-state index is 11.9. The van der Waals surface area contributed by atoms with E-state index in [1.165, 1.54) is 18.4 Å². The smallest absolute Gasteiger partial charge is 0.264 e. The SMILES string of the molecule is CCN1C(=O)CC(=O)/C(=C\C=C\c2ccco2)C1=O.CCN1C(=O)CC(=O)CC1=O.O=C/C=C/c1ccco1. The number of ketones is 2. The second-order valence-corrected chi connectivity index (χ2v) is 7.93. The molecule has 39 heavy (non-hydrogen) atoms. The molecule has 0 atom stereocenters. The summed E-state index contributed by atoms with van der Waals surface area (Å²) in [4.78, 5) is 79.6. The van der Waals surface area contributed by atoms with Crippen molar-refractivity contribution in [1.82, 2.24) is 9.80 Å². The molecule has 4 heterocycles. The number of amides is 4. The summed E-state index contributed by atoms with van der Waals surface area (Å²) in [7, 11) is 0. The summed E-state index contributed by atoms with van der Waals surface area (Å²) in [6.07, 6.45) is 10.9. The number of furan rings is 2. The molecule has 2 aromatic heterocycles. The number of imide groups is 2. The number of carbonyl (C=O) groups is 7. The molecule has 0 N–H and O–H groups in total. The Balaban J connectivity index is 0.000000226. The quantitative estimate of drug-likeness (QED) is 0.178. The number of aldehydes is 1. The lowest BCUT2D eigenvalue weighted by Gasteiger charge is -2.24. The normalized spacial score (nSPS) is 17.0. The van der Waals surface area contributed by atoms with E-state index >= 15 is 0 Å². The van der Waals surface area contributed by atoms with Crippen molar-refractivity contribution in [2.24, 2.45) is 0 Å². The lowest BCUT2D eigenvalue weighted by Crippen LogP contribution is -2.44. The van der Waals surface area contributed by atoms with Gasteiger partial charge in [0.15, 0.2) is 11.6 Å². The largest absolute Gasteiger partial charge is 0.465 e. The Hall–Kier alpha value is -4.93. The summed E-state index contributed by atoms with van der Waals surface area (Å²) in [5, 5.41) is 0. The van der Waals surface area contributed by atoms with Gasteiger partial charge in [-0.25, -0.2) is 0 Å². The molecule has 0 radical (unpaired) electrons. The third-order valence-corrected chi connectivity index (χ3v) is 5.27. The summed E-state index contributed by atoms with van der Waals surface area (Å²) in [5.41, 5.74) is 0.0317. The number of Topliss-reactive ketones (excluding diaryl/α,β-unsaturated/α-hetero) is 2. The third-order valence-electron chi connectivity index (χ3n) is 5.27. The number of likely N-dealkylation sites (tertiary alicyclic amines) is 2. The monoisotopic (exact) mass is 536 g/mol. The van der Waals surface area contributed by atoms with Gasteiger partial charge in [0.05, 0.1) is 37.4 Å². The number of hydrogen-bond donors (Lipinski definition) is 0. The van der Waals surface area contributed by atoms with Crippen molar-refractivity contribution < 1.29 is 42.4 Å². The molecule has 0 unspecified atom stereocenters. The minimum Gasteiger partial charge on any atom is -0.465 e. The minimum atomic E-state index is -0.534. The zero-order chi connectivity index (χ0) is 28.8. The molecule has 11 heteroatoms. The molecule has 0 aliphatic carbocycles. The lowest BCUT2D eigenvalue weighted by atomic mass is 10.0. The fourth-order valence-electron chi connectivity index (χ4n) is 3.42. The molecular formula is C28H28N2O9. The first-order chi connectivity index (χ1) is 18.7. The fourth-order valence-corrected chi connectivity index (χ4v) is 3.42. The fraction of sp³-hybridized carbons (Fsp3) is 0.250. The Bertz CT molecular complexity index is 1260. The Kier molecular flexibility index (Phi) is 11.9. The van der Waals surface area contributed by atoms with Gasteiger partial charge in [-0.1, -0.05) is 6.08 Å². The molecule has 2 aromatic rings. The molecule has 0 bridgehead atoms. The standard InChI is InChI=1S/C14H13NO4.C7H9NO3.C7H6O2/c1-2-15-13(17)9-12(16)11(14(15)18)7-3-5-10-6-4-8-19-10;1-2-8-6(10)3-5(9)4-7(8)11;8-5-1-3-7-4-2-6-9-7/h3-8H,2,9H2,1H3;2-4H2,1H3;1-6H/b5-3+,11-7+;;3-1+. The van der Waals surface area contributed by atoms with Crippen LogP contribution in [0.25, 0.3) is 12.2 Å². The van der Waals surface area contributed by atoms with Crippen LogP contribution in [0.4, 0.5) is 0 Å². The van der Waals surface area contributed by atoms with Crippen molar-refractivity contribution in [3.05, 3.63) is 72.1 Å². The maximum Gasteiger partial charge on any atom is 0.264 e. The number of carbonyl (C=O) groups excluding carboxylic acids is 7. The third kappa shape index (κ3) is 9.15. The molecule has 2 aliphatic rings. The van der Waals surface area contributed by atoms with Crippen molar-refractivity contribution in [3.8, 4) is 0 Å². The van der Waals surface area contributed by atoms with E-state index < -0.39 is 17.6 Å². The Labute approximate surface area is 224 Å². The van der Waals surface area contributed by atoms with Crippen LogP contribution in [0.3, 0.4) is 0 Å². The van der Waals surface area contributed by atoms with E-state index in [9.17, 15) is 33.6 Å². The van der Waals surface area contributed by atoms with Gasteiger partial charge >= 0.3 is 0 Å². The highest BCUT2D eigenvalue weighted by Crippen LogP contribution is 2.15. The predicted molar refractivity (Wildman–Crippen MR) is 138 cm³/mol. The highest BCUT2D eigenvalue weighted by Gasteiger charge is 2.34. The summed E-state index contributed by atoms with van der Waals surface area (Å²) in [5.74, 6) is -1.11. The highest BCUT2D eigenvalue weighted by molar-refractivity contribution is 6.30. The van der Waals surface area contributed by atoms with E-state index in [0.717, 1.165) is 9.80 Å². The average molecular weight is 537 g/mol. The second kappa shape index (κ2) is 15.4. The summed E-state index contributed by atoms with van der Waals surface area (Å²) in [6, 6.07) is 7.03. The van der Waals surface area contributed by atoms with Crippen molar-refractivity contribution >= 4 is 53.6 Å². The molecule has 2 fully saturated rings. The minimum absolute atomic E-state index is 0.0317. The van der Waals surface area contributed by atoms with Gasteiger partial charge in [-0.3, -0.25) is 43.4 Å². The van der Waals surface area contributed by atoms with Crippen LogP contribution >= 0.6 is 0 Å². The molecule has 4 amide bonds. The average Bonchev–Trinajstić information content (AvgIpc) is 3.60. The van der Waals surface area contributed by atoms with Crippen LogP contribution in [0.15, 0.2) is 69.4 Å². The zero-order valence-electron chi connectivity index (χ0n) is 21.5. The first kappa shape index (κ1) is 30.3. The molecule has 4 rings (SSSR count). The molecule has 0 spiro atoms. The maximum atomic E-state index is 11.9. The number of likely N-dealkylation sites (N-methyl/N-ethyl adjacent to an activating group) is 1. The van der Waals surface area contributed by atoms with Crippen LogP contribution in [0.1, 0.15) is 44.6 Å². The Morgan fingerprint density at radius 1 is 0.744 bits per heavy atom. The van der Waals surface area contributed by atoms with Gasteiger partial charge in [0, 0.05) is 13.1 Å². The summed E-state index contributed by atoms with van der Waals surface area (Å²) >= 11 is 0. The lowest BCUT2D eigenvalue weighted by molar-refractivity contribution is -0.152. The van der Waals surface area contributed by atoms with Crippen molar-refractivity contribution in [3.63, 3.8) is 0 Å². The van der Waals surface area contributed by atoms with E-state index in [-0.39, 0.29) is 49.0 Å². The second-order valence-electron chi connectivity index (χ2n) is 7.93. The van der Waals surface area contributed by atoms with Crippen LogP contribution < -0.4 is 0 Å². The van der Waals surface area contributed by atoms with Gasteiger partial charge in [0.25, 0.3) is 5.91 Å². The van der Waals surface area contributed by atoms with Gasteiger partial charge < -0.3 is 8.83 Å². The molecule has 0 saturated carbocycles. The summed E-state index contributed by atoms with van der Waals surface area (Å²) in [6.45, 7) is 4.04. The van der Waals surface area contributed by atoms with E-state index in [1.54, 1.807) is 62.6 Å². The van der Waals surface area contributed by atoms with Crippen molar-refractivity contribution in [2.45, 2.75) is 33.1 Å². The number of hydrogen-bond acceptors (Lipinski definition) is 9. The van der Waals surface area contributed by atoms with E-state index in [0.29, 0.717) is 24.4 Å². The van der Waals surface area contributed by atoms with E-state index in [2.05, 4.69) is 0 Å². The van der Waals surface area contributed by atoms with Crippen LogP contribution in [-0.4, -0.2) is 64.4 Å². The van der Waals surface area contributed by atoms with Gasteiger partial charge in [-0.2, -0.15) is 0 Å². The zero-order valence-corrected chi connectivity index (χ0v) is 21.5. The first-order valence-electron chi connectivity index (χ1n) is 12.0. The van der Waals surface area contributed by atoms with Crippen LogP contribution in [0.2, 0.25) is 0 Å². The van der Waals surface area contributed by atoms with Crippen LogP contribution in [0, 0.1) is 0 Å². The molecule has 2 aliphatic heterocycles. The number of nitrogens with zero attached hydrogens (tertiary/aromatic N) is 2. The van der Waals surface area contributed by atoms with Gasteiger partial charge in [0.2, 0.25) is 17.7 Å². The number of piperidine rings is 2. The first-order valence-corrected chi connectivity index (χ1v) is 12.0. The summed E-state index contributed by atoms with van der Waals surface area (Å²) < 4.78 is 9.98. The highest BCUT2D eigenvalue weighted by atomic mass is 16.3. The van der Waals surface area contributed by atoms with Gasteiger partial charge in [-0.05, 0) is 62.4 Å². The van der Waals surface area contributed by atoms with Gasteiger partial charge in [0.1, 0.15) is 17.8 Å². The van der Waals surface area contributed by atoms with Crippen molar-refractivity contribution in [1.29, 1.82) is 0 Å². The van der Waals surface area contributed by atoms with Crippen LogP contribution in [-0.2, 0) is 33.6 Å². The number of rotatable bonds is 6. The molecular weight excluding hydrogens is 508 g/mol. The molecule has 0 aromatic carbocycles. The van der Waals surface area contributed by atoms with E-state index in [4.69, 9.17) is 8.83 Å². The Morgan fingerprint density at radius 2 is 1.26 bits per heavy atom. The molecule has 2 saturated heterocycles. The molecule has 11 nitrogen and oxygen atoms in total. The van der Waals surface area contributed by atoms with Crippen LogP contribution in [0.5, 0.6) is 0 Å².